The van der Waals surface area contributed by atoms with Crippen molar-refractivity contribution >= 4 is 5.91 Å². The number of hydrogen-bond donors (Lipinski definition) is 0. The van der Waals surface area contributed by atoms with E-state index in [1.54, 1.807) is 4.68 Å². The Balaban J connectivity index is 1.51. The number of amides is 1. The molecule has 116 valence electrons. The van der Waals surface area contributed by atoms with E-state index >= 15 is 0 Å². The van der Waals surface area contributed by atoms with Gasteiger partial charge in [-0.25, -0.2) is 4.68 Å². The summed E-state index contributed by atoms with van der Waals surface area (Å²) in [5.74, 6) is 1.08. The number of ether oxygens (including phenoxy) is 1. The lowest BCUT2D eigenvalue weighted by Gasteiger charge is -2.26. The summed E-state index contributed by atoms with van der Waals surface area (Å²) < 4.78 is 7.71. The van der Waals surface area contributed by atoms with E-state index in [0.717, 1.165) is 64.2 Å². The van der Waals surface area contributed by atoms with Gasteiger partial charge in [-0.3, -0.25) is 4.79 Å². The molecule has 0 bridgehead atoms. The molecule has 7 nitrogen and oxygen atoms in total. The molecule has 3 rings (SSSR count). The molecule has 0 saturated carbocycles. The highest BCUT2D eigenvalue weighted by atomic mass is 16.5. The van der Waals surface area contributed by atoms with Crippen molar-refractivity contribution in [1.82, 2.24) is 25.1 Å². The van der Waals surface area contributed by atoms with E-state index in [2.05, 4.69) is 15.5 Å². The summed E-state index contributed by atoms with van der Waals surface area (Å²) in [6, 6.07) is 0. The second-order valence-corrected chi connectivity index (χ2v) is 6.07. The lowest BCUT2D eigenvalue weighted by molar-refractivity contribution is -0.130. The molecule has 2 aliphatic rings. The zero-order valence-electron chi connectivity index (χ0n) is 12.6. The predicted molar refractivity (Wildman–Crippen MR) is 75.5 cm³/mol. The fourth-order valence-corrected chi connectivity index (χ4v) is 3.33. The van der Waals surface area contributed by atoms with Crippen molar-refractivity contribution in [3.63, 3.8) is 0 Å². The van der Waals surface area contributed by atoms with Gasteiger partial charge in [-0.15, -0.1) is 5.10 Å². The van der Waals surface area contributed by atoms with Crippen LogP contribution in [-0.4, -0.2) is 56.3 Å². The van der Waals surface area contributed by atoms with E-state index in [4.69, 9.17) is 4.74 Å². The number of aromatic nitrogens is 4. The Hall–Kier alpha value is -1.50. The summed E-state index contributed by atoms with van der Waals surface area (Å²) in [7, 11) is 0. The first-order valence-corrected chi connectivity index (χ1v) is 7.83. The molecule has 2 saturated heterocycles. The van der Waals surface area contributed by atoms with Crippen LogP contribution in [0.4, 0.5) is 0 Å². The van der Waals surface area contributed by atoms with Crippen LogP contribution in [0.5, 0.6) is 0 Å². The number of aryl methyl sites for hydroxylation is 2. The molecule has 0 aliphatic carbocycles. The molecule has 2 fully saturated rings. The molecular weight excluding hydrogens is 270 g/mol. The number of carbonyl (C=O) groups is 1. The predicted octanol–water partition coefficient (Wildman–Crippen LogP) is 0.933. The quantitative estimate of drug-likeness (QED) is 0.826. The summed E-state index contributed by atoms with van der Waals surface area (Å²) in [5, 5.41) is 11.4. The Kier molecular flexibility index (Phi) is 4.19. The maximum atomic E-state index is 12.2. The summed E-state index contributed by atoms with van der Waals surface area (Å²) in [5.41, 5.74) is -0.0170. The minimum absolute atomic E-state index is 0.0170. The van der Waals surface area contributed by atoms with E-state index < -0.39 is 0 Å². The summed E-state index contributed by atoms with van der Waals surface area (Å²) in [4.78, 5) is 14.2. The monoisotopic (exact) mass is 293 g/mol. The van der Waals surface area contributed by atoms with Gasteiger partial charge in [-0.05, 0) is 49.5 Å². The van der Waals surface area contributed by atoms with Crippen molar-refractivity contribution in [3.8, 4) is 0 Å². The van der Waals surface area contributed by atoms with Crippen molar-refractivity contribution < 1.29 is 9.53 Å². The Morgan fingerprint density at radius 1 is 1.29 bits per heavy atom. The molecular formula is C14H23N5O2. The van der Waals surface area contributed by atoms with Crippen LogP contribution >= 0.6 is 0 Å². The minimum Gasteiger partial charge on any atom is -0.375 e. The molecule has 3 heterocycles. The average Bonchev–Trinajstić information content (AvgIpc) is 3.06. The van der Waals surface area contributed by atoms with Gasteiger partial charge < -0.3 is 9.64 Å². The van der Waals surface area contributed by atoms with E-state index in [1.807, 2.05) is 11.8 Å². The molecule has 1 aromatic rings. The third-order valence-electron chi connectivity index (χ3n) is 4.68. The number of likely N-dealkylation sites (tertiary alicyclic amines) is 1. The highest BCUT2D eigenvalue weighted by Crippen LogP contribution is 2.35. The third kappa shape index (κ3) is 3.23. The topological polar surface area (TPSA) is 73.1 Å². The Morgan fingerprint density at radius 2 is 2.19 bits per heavy atom. The van der Waals surface area contributed by atoms with Crippen LogP contribution in [0.2, 0.25) is 0 Å². The van der Waals surface area contributed by atoms with Gasteiger partial charge >= 0.3 is 0 Å². The fourth-order valence-electron chi connectivity index (χ4n) is 3.33. The summed E-state index contributed by atoms with van der Waals surface area (Å²) >= 11 is 0. The molecule has 1 aromatic heterocycles. The van der Waals surface area contributed by atoms with Crippen molar-refractivity contribution in [2.45, 2.75) is 57.6 Å². The number of nitrogens with zero attached hydrogens (tertiary/aromatic N) is 5. The van der Waals surface area contributed by atoms with Gasteiger partial charge in [0.1, 0.15) is 5.82 Å². The molecule has 0 N–H and O–H groups in total. The van der Waals surface area contributed by atoms with Gasteiger partial charge in [-0.2, -0.15) is 0 Å². The molecule has 7 heteroatoms. The lowest BCUT2D eigenvalue weighted by Crippen LogP contribution is -2.33. The number of hydrogen-bond acceptors (Lipinski definition) is 5. The Labute approximate surface area is 124 Å². The largest absolute Gasteiger partial charge is 0.375 e. The Bertz CT molecular complexity index is 495. The van der Waals surface area contributed by atoms with Crippen LogP contribution in [-0.2, 0) is 16.1 Å². The van der Waals surface area contributed by atoms with Crippen molar-refractivity contribution in [2.24, 2.45) is 0 Å². The maximum Gasteiger partial charge on any atom is 0.222 e. The number of carbonyl (C=O) groups excluding carboxylic acids is 1. The third-order valence-corrected chi connectivity index (χ3v) is 4.68. The first kappa shape index (κ1) is 14.4. The Morgan fingerprint density at radius 3 is 2.90 bits per heavy atom. The van der Waals surface area contributed by atoms with Crippen LogP contribution in [0.25, 0.3) is 0 Å². The van der Waals surface area contributed by atoms with Crippen LogP contribution in [0.3, 0.4) is 0 Å². The molecule has 1 atom stereocenters. The highest BCUT2D eigenvalue weighted by molar-refractivity contribution is 5.76. The smallest absolute Gasteiger partial charge is 0.222 e. The van der Waals surface area contributed by atoms with E-state index in [1.165, 1.54) is 0 Å². The van der Waals surface area contributed by atoms with Gasteiger partial charge in [0.05, 0.1) is 5.60 Å². The van der Waals surface area contributed by atoms with Crippen molar-refractivity contribution in [3.05, 3.63) is 5.82 Å². The summed E-state index contributed by atoms with van der Waals surface area (Å²) in [6.07, 6.45) is 5.59. The van der Waals surface area contributed by atoms with Gasteiger partial charge in [0.25, 0.3) is 0 Å². The van der Waals surface area contributed by atoms with Crippen molar-refractivity contribution in [2.75, 3.05) is 19.7 Å². The number of rotatable bonds is 4. The fraction of sp³-hybridized carbons (Fsp3) is 0.857. The minimum atomic E-state index is -0.0170. The summed E-state index contributed by atoms with van der Waals surface area (Å²) in [6.45, 7) is 5.08. The normalized spacial score (nSPS) is 26.5. The van der Waals surface area contributed by atoms with Crippen LogP contribution in [0.1, 0.15) is 44.3 Å². The van der Waals surface area contributed by atoms with Crippen LogP contribution in [0, 0.1) is 6.92 Å². The molecule has 1 spiro atoms. The van der Waals surface area contributed by atoms with Gasteiger partial charge in [-0.1, -0.05) is 0 Å². The van der Waals surface area contributed by atoms with Crippen molar-refractivity contribution in [1.29, 1.82) is 0 Å². The molecule has 0 aromatic carbocycles. The molecule has 0 unspecified atom stereocenters. The zero-order valence-corrected chi connectivity index (χ0v) is 12.6. The average molecular weight is 293 g/mol. The molecule has 21 heavy (non-hydrogen) atoms. The van der Waals surface area contributed by atoms with E-state index in [0.29, 0.717) is 6.42 Å². The zero-order chi connectivity index (χ0) is 14.7. The highest BCUT2D eigenvalue weighted by Gasteiger charge is 2.38. The SMILES string of the molecule is Cc1nnnn1CCCN1CC[C@]2(CCCO2)CCC1=O. The van der Waals surface area contributed by atoms with Gasteiger partial charge in [0, 0.05) is 32.7 Å². The second-order valence-electron chi connectivity index (χ2n) is 6.07. The van der Waals surface area contributed by atoms with E-state index in [-0.39, 0.29) is 11.5 Å². The number of tetrazole rings is 1. The first-order valence-electron chi connectivity index (χ1n) is 7.83. The van der Waals surface area contributed by atoms with Crippen LogP contribution in [0.15, 0.2) is 0 Å². The van der Waals surface area contributed by atoms with Gasteiger partial charge in [0.2, 0.25) is 5.91 Å². The molecule has 2 aliphatic heterocycles. The standard InChI is InChI=1S/C14H23N5O2/c1-12-15-16-17-19(12)9-3-8-18-10-7-14(5-2-11-21-14)6-4-13(18)20/h2-11H2,1H3/t14-/m0/s1. The molecule has 1 amide bonds. The first-order chi connectivity index (χ1) is 10.2. The maximum absolute atomic E-state index is 12.2. The van der Waals surface area contributed by atoms with Crippen LogP contribution < -0.4 is 0 Å². The lowest BCUT2D eigenvalue weighted by atomic mass is 9.92. The second kappa shape index (κ2) is 6.09. The van der Waals surface area contributed by atoms with E-state index in [9.17, 15) is 4.79 Å². The molecule has 0 radical (unpaired) electrons. The van der Waals surface area contributed by atoms with Gasteiger partial charge in [0.15, 0.2) is 0 Å².